The summed E-state index contributed by atoms with van der Waals surface area (Å²) in [4.78, 5) is 12.4. The summed E-state index contributed by atoms with van der Waals surface area (Å²) in [5, 5.41) is 0. The van der Waals surface area contributed by atoms with Gasteiger partial charge in [-0.2, -0.15) is 0 Å². The Morgan fingerprint density at radius 2 is 1.60 bits per heavy atom. The van der Waals surface area contributed by atoms with Gasteiger partial charge in [0, 0.05) is 12.3 Å². The van der Waals surface area contributed by atoms with Crippen molar-refractivity contribution in [3.8, 4) is 5.75 Å². The quantitative estimate of drug-likeness (QED) is 0.419. The summed E-state index contributed by atoms with van der Waals surface area (Å²) in [6, 6.07) is 8.26. The van der Waals surface area contributed by atoms with E-state index in [1.807, 2.05) is 12.1 Å². The first-order chi connectivity index (χ1) is 12.2. The molecule has 0 unspecified atom stereocenters. The molecule has 1 fully saturated rings. The van der Waals surface area contributed by atoms with Crippen molar-refractivity contribution >= 4 is 5.78 Å². The number of carbonyl (C=O) groups is 1. The van der Waals surface area contributed by atoms with Gasteiger partial charge < -0.3 is 4.74 Å². The lowest BCUT2D eigenvalue weighted by Crippen LogP contribution is -2.23. The Balaban J connectivity index is 1.67. The Bertz CT molecular complexity index is 491. The van der Waals surface area contributed by atoms with Gasteiger partial charge in [-0.25, -0.2) is 0 Å². The zero-order valence-corrected chi connectivity index (χ0v) is 16.3. The molecule has 0 N–H and O–H groups in total. The van der Waals surface area contributed by atoms with Gasteiger partial charge in [0.15, 0.2) is 0 Å². The van der Waals surface area contributed by atoms with Crippen molar-refractivity contribution in [2.45, 2.75) is 90.4 Å². The number of carbonyl (C=O) groups excluding carboxylic acids is 1. The van der Waals surface area contributed by atoms with Crippen LogP contribution < -0.4 is 4.74 Å². The van der Waals surface area contributed by atoms with Crippen LogP contribution >= 0.6 is 0 Å². The molecule has 1 saturated carbocycles. The van der Waals surface area contributed by atoms with Crippen LogP contribution in [-0.4, -0.2) is 12.4 Å². The number of ketones is 1. The van der Waals surface area contributed by atoms with Crippen molar-refractivity contribution in [2.24, 2.45) is 5.92 Å². The van der Waals surface area contributed by atoms with Crippen molar-refractivity contribution in [1.29, 1.82) is 0 Å². The van der Waals surface area contributed by atoms with E-state index in [4.69, 9.17) is 4.74 Å². The number of ether oxygens (including phenoxy) is 1. The fourth-order valence-electron chi connectivity index (χ4n) is 3.84. The predicted molar refractivity (Wildman–Crippen MR) is 105 cm³/mol. The molecule has 0 radical (unpaired) electrons. The number of hydrogen-bond acceptors (Lipinski definition) is 2. The normalized spacial score (nSPS) is 20.6. The first kappa shape index (κ1) is 20.0. The predicted octanol–water partition coefficient (Wildman–Crippen LogP) is 6.68. The lowest BCUT2D eigenvalue weighted by molar-refractivity contribution is -0.123. The summed E-state index contributed by atoms with van der Waals surface area (Å²) in [6.07, 6.45) is 13.2. The molecular weight excluding hydrogens is 308 g/mol. The topological polar surface area (TPSA) is 26.3 Å². The van der Waals surface area contributed by atoms with Gasteiger partial charge in [0.25, 0.3) is 0 Å². The summed E-state index contributed by atoms with van der Waals surface area (Å²) < 4.78 is 5.85. The van der Waals surface area contributed by atoms with Crippen LogP contribution in [0.5, 0.6) is 5.75 Å². The molecule has 1 aromatic carbocycles. The van der Waals surface area contributed by atoms with Crippen molar-refractivity contribution in [2.75, 3.05) is 6.61 Å². The monoisotopic (exact) mass is 344 g/mol. The molecule has 0 heterocycles. The Labute approximate surface area is 154 Å². The first-order valence-electron chi connectivity index (χ1n) is 10.5. The van der Waals surface area contributed by atoms with E-state index in [2.05, 4.69) is 26.0 Å². The van der Waals surface area contributed by atoms with Crippen LogP contribution in [0.25, 0.3) is 0 Å². The van der Waals surface area contributed by atoms with E-state index < -0.39 is 0 Å². The van der Waals surface area contributed by atoms with Crippen LogP contribution in [0.1, 0.15) is 96.0 Å². The molecule has 1 aliphatic carbocycles. The minimum Gasteiger partial charge on any atom is -0.494 e. The zero-order valence-electron chi connectivity index (χ0n) is 16.3. The number of unbranched alkanes of at least 4 members (excludes halogenated alkanes) is 6. The van der Waals surface area contributed by atoms with Gasteiger partial charge in [0.2, 0.25) is 0 Å². The van der Waals surface area contributed by atoms with Crippen LogP contribution in [0.2, 0.25) is 0 Å². The summed E-state index contributed by atoms with van der Waals surface area (Å²) in [7, 11) is 0. The van der Waals surface area contributed by atoms with Crippen molar-refractivity contribution in [1.82, 2.24) is 0 Å². The Kier molecular flexibility index (Phi) is 9.07. The molecule has 0 amide bonds. The minimum absolute atomic E-state index is 0.111. The van der Waals surface area contributed by atoms with Crippen molar-refractivity contribution in [3.63, 3.8) is 0 Å². The fourth-order valence-corrected chi connectivity index (χ4v) is 3.84. The molecule has 25 heavy (non-hydrogen) atoms. The highest BCUT2D eigenvalue weighted by Gasteiger charge is 2.28. The van der Waals surface area contributed by atoms with E-state index in [1.165, 1.54) is 50.5 Å². The van der Waals surface area contributed by atoms with Gasteiger partial charge in [-0.3, -0.25) is 4.79 Å². The number of Topliss-reactive ketones (excluding diaryl/α,β-unsaturated/α-hetero) is 1. The summed E-state index contributed by atoms with van der Waals surface area (Å²) in [5.41, 5.74) is 1.17. The average Bonchev–Trinajstić information content (AvgIpc) is 2.64. The highest BCUT2D eigenvalue weighted by Crippen LogP contribution is 2.35. The molecule has 2 heteroatoms. The standard InChI is InChI=1S/C23H36O2/c1-3-5-6-7-8-9-10-17-25-21-14-12-20(13-15-21)22-16-11-19(4-2)18-23(22)24/h12-15,19,22H,3-11,16-18H2,1-2H3/t19-,22+/m1/s1. The van der Waals surface area contributed by atoms with Crippen LogP contribution in [0.15, 0.2) is 24.3 Å². The lowest BCUT2D eigenvalue weighted by atomic mass is 9.77. The molecule has 140 valence electrons. The van der Waals surface area contributed by atoms with Crippen LogP contribution in [0.3, 0.4) is 0 Å². The van der Waals surface area contributed by atoms with Gasteiger partial charge in [-0.05, 0) is 42.9 Å². The summed E-state index contributed by atoms with van der Waals surface area (Å²) in [6.45, 7) is 5.24. The maximum absolute atomic E-state index is 12.4. The van der Waals surface area contributed by atoms with E-state index in [0.717, 1.165) is 38.0 Å². The SMILES string of the molecule is CCCCCCCCCOc1ccc([C@@H]2CC[C@@H](CC)CC2=O)cc1. The number of rotatable bonds is 11. The molecule has 0 aromatic heterocycles. The summed E-state index contributed by atoms with van der Waals surface area (Å²) in [5.74, 6) is 2.08. The number of hydrogen-bond donors (Lipinski definition) is 0. The largest absolute Gasteiger partial charge is 0.494 e. The Morgan fingerprint density at radius 1 is 0.920 bits per heavy atom. The molecular formula is C23H36O2. The molecule has 2 atom stereocenters. The van der Waals surface area contributed by atoms with E-state index in [0.29, 0.717) is 11.7 Å². The molecule has 1 aliphatic rings. The fraction of sp³-hybridized carbons (Fsp3) is 0.696. The molecule has 1 aromatic rings. The Morgan fingerprint density at radius 3 is 2.24 bits per heavy atom. The van der Waals surface area contributed by atoms with Gasteiger partial charge in [0.05, 0.1) is 6.61 Å². The maximum atomic E-state index is 12.4. The molecule has 2 rings (SSSR count). The van der Waals surface area contributed by atoms with Gasteiger partial charge in [0.1, 0.15) is 11.5 Å². The molecule has 2 nitrogen and oxygen atoms in total. The van der Waals surface area contributed by atoms with Crippen molar-refractivity contribution in [3.05, 3.63) is 29.8 Å². The van der Waals surface area contributed by atoms with Crippen molar-refractivity contribution < 1.29 is 9.53 Å². The van der Waals surface area contributed by atoms with Gasteiger partial charge in [-0.1, -0.05) is 70.9 Å². The van der Waals surface area contributed by atoms with E-state index in [1.54, 1.807) is 0 Å². The van der Waals surface area contributed by atoms with E-state index in [9.17, 15) is 4.79 Å². The zero-order chi connectivity index (χ0) is 17.9. The third-order valence-electron chi connectivity index (χ3n) is 5.62. The smallest absolute Gasteiger partial charge is 0.140 e. The summed E-state index contributed by atoms with van der Waals surface area (Å²) >= 11 is 0. The van der Waals surface area contributed by atoms with Gasteiger partial charge in [-0.15, -0.1) is 0 Å². The number of benzene rings is 1. The lowest BCUT2D eigenvalue weighted by Gasteiger charge is -2.27. The maximum Gasteiger partial charge on any atom is 0.140 e. The van der Waals surface area contributed by atoms with Gasteiger partial charge >= 0.3 is 0 Å². The second kappa shape index (κ2) is 11.3. The van der Waals surface area contributed by atoms with E-state index >= 15 is 0 Å². The average molecular weight is 345 g/mol. The minimum atomic E-state index is 0.111. The Hall–Kier alpha value is -1.31. The van der Waals surface area contributed by atoms with Crippen LogP contribution in [-0.2, 0) is 4.79 Å². The highest BCUT2D eigenvalue weighted by molar-refractivity contribution is 5.86. The first-order valence-corrected chi connectivity index (χ1v) is 10.5. The highest BCUT2D eigenvalue weighted by atomic mass is 16.5. The second-order valence-corrected chi connectivity index (χ2v) is 7.61. The molecule has 0 bridgehead atoms. The van der Waals surface area contributed by atoms with E-state index in [-0.39, 0.29) is 5.92 Å². The molecule has 0 aliphatic heterocycles. The molecule has 0 saturated heterocycles. The third-order valence-corrected chi connectivity index (χ3v) is 5.62. The second-order valence-electron chi connectivity index (χ2n) is 7.61. The van der Waals surface area contributed by atoms with Crippen LogP contribution in [0.4, 0.5) is 0 Å². The molecule has 0 spiro atoms. The third kappa shape index (κ3) is 6.84. The van der Waals surface area contributed by atoms with Crippen LogP contribution in [0, 0.1) is 5.92 Å².